The largest absolute Gasteiger partial charge is 0.0884 e. The van der Waals surface area contributed by atoms with Crippen molar-refractivity contribution in [3.8, 4) is 0 Å². The number of benzene rings is 1. The Morgan fingerprint density at radius 1 is 0.857 bits per heavy atom. The summed E-state index contributed by atoms with van der Waals surface area (Å²) >= 11 is 7.64. The molecule has 74 valence electrons. The zero-order chi connectivity index (χ0) is 9.71. The lowest BCUT2D eigenvalue weighted by molar-refractivity contribution is 0.388. The van der Waals surface area contributed by atoms with Gasteiger partial charge in [-0.1, -0.05) is 56.1 Å². The number of hydrogen-bond donors (Lipinski definition) is 0. The molecule has 0 aromatic heterocycles. The molecule has 0 aliphatic heterocycles. The first-order chi connectivity index (χ1) is 6.77. The van der Waals surface area contributed by atoms with Crippen LogP contribution in [0.1, 0.15) is 35.8 Å². The van der Waals surface area contributed by atoms with E-state index in [2.05, 4.69) is 56.1 Å². The summed E-state index contributed by atoms with van der Waals surface area (Å²) in [5, 5.41) is 0. The van der Waals surface area contributed by atoms with Crippen LogP contribution in [0.3, 0.4) is 0 Å². The molecule has 2 bridgehead atoms. The second kappa shape index (κ2) is 3.34. The molecule has 1 aromatic rings. The molecule has 0 nitrogen and oxygen atoms in total. The van der Waals surface area contributed by atoms with Gasteiger partial charge in [-0.15, -0.1) is 0 Å². The minimum atomic E-state index is 0.691. The molecule has 0 saturated heterocycles. The van der Waals surface area contributed by atoms with Crippen LogP contribution in [0.4, 0.5) is 0 Å². The van der Waals surface area contributed by atoms with E-state index in [-0.39, 0.29) is 0 Å². The molecule has 1 saturated carbocycles. The zero-order valence-corrected chi connectivity index (χ0v) is 11.0. The monoisotopic (exact) mass is 314 g/mol. The lowest BCUT2D eigenvalue weighted by atomic mass is 9.67. The number of halogens is 2. The van der Waals surface area contributed by atoms with E-state index in [1.165, 1.54) is 12.8 Å². The van der Waals surface area contributed by atoms with Crippen LogP contribution >= 0.6 is 31.9 Å². The molecule has 3 aliphatic rings. The highest BCUT2D eigenvalue weighted by atomic mass is 79.9. The van der Waals surface area contributed by atoms with Gasteiger partial charge in [-0.05, 0) is 35.8 Å². The van der Waals surface area contributed by atoms with Crippen LogP contribution in [0.15, 0.2) is 24.3 Å². The fraction of sp³-hybridized carbons (Fsp3) is 0.500. The molecule has 1 aromatic carbocycles. The van der Waals surface area contributed by atoms with E-state index in [0.29, 0.717) is 9.65 Å². The maximum absolute atomic E-state index is 3.82. The van der Waals surface area contributed by atoms with Crippen molar-refractivity contribution < 1.29 is 0 Å². The van der Waals surface area contributed by atoms with Crippen molar-refractivity contribution in [1.82, 2.24) is 0 Å². The first-order valence-corrected chi connectivity index (χ1v) is 6.97. The van der Waals surface area contributed by atoms with Crippen LogP contribution in [0, 0.1) is 0 Å². The van der Waals surface area contributed by atoms with Crippen molar-refractivity contribution in [2.45, 2.75) is 34.3 Å². The van der Waals surface area contributed by atoms with Gasteiger partial charge in [-0.2, -0.15) is 0 Å². The second-order valence-electron chi connectivity index (χ2n) is 4.35. The molecule has 3 aliphatic carbocycles. The van der Waals surface area contributed by atoms with Gasteiger partial charge in [0.1, 0.15) is 0 Å². The summed E-state index contributed by atoms with van der Waals surface area (Å²) in [7, 11) is 0. The third-order valence-electron chi connectivity index (χ3n) is 3.63. The number of hydrogen-bond acceptors (Lipinski definition) is 0. The van der Waals surface area contributed by atoms with E-state index in [1.54, 1.807) is 11.1 Å². The predicted octanol–water partition coefficient (Wildman–Crippen LogP) is 4.19. The van der Waals surface area contributed by atoms with Gasteiger partial charge in [-0.3, -0.25) is 0 Å². The molecule has 4 rings (SSSR count). The molecule has 0 radical (unpaired) electrons. The van der Waals surface area contributed by atoms with Gasteiger partial charge in [0.15, 0.2) is 0 Å². The van der Waals surface area contributed by atoms with Crippen molar-refractivity contribution in [3.63, 3.8) is 0 Å². The van der Waals surface area contributed by atoms with Crippen LogP contribution in [0.5, 0.6) is 0 Å². The third kappa shape index (κ3) is 1.23. The summed E-state index contributed by atoms with van der Waals surface area (Å²) in [6, 6.07) is 8.95. The molecule has 0 spiro atoms. The molecular weight excluding hydrogens is 304 g/mol. The normalized spacial score (nSPS) is 39.6. The summed E-state index contributed by atoms with van der Waals surface area (Å²) in [5.74, 6) is 1.45. The Hall–Kier alpha value is 0.180. The highest BCUT2D eigenvalue weighted by molar-refractivity contribution is 9.10. The maximum Gasteiger partial charge on any atom is 0.0221 e. The smallest absolute Gasteiger partial charge is 0.0221 e. The average molecular weight is 316 g/mol. The quantitative estimate of drug-likeness (QED) is 0.630. The molecule has 4 unspecified atom stereocenters. The Morgan fingerprint density at radius 3 is 1.71 bits per heavy atom. The Morgan fingerprint density at radius 2 is 1.29 bits per heavy atom. The Kier molecular flexibility index (Phi) is 2.25. The van der Waals surface area contributed by atoms with E-state index in [0.717, 1.165) is 11.8 Å². The highest BCUT2D eigenvalue weighted by Crippen LogP contribution is 2.53. The first-order valence-electron chi connectivity index (χ1n) is 5.14. The summed E-state index contributed by atoms with van der Waals surface area (Å²) in [6.07, 6.45) is 2.58. The highest BCUT2D eigenvalue weighted by Gasteiger charge is 2.42. The minimum Gasteiger partial charge on any atom is -0.0884 e. The van der Waals surface area contributed by atoms with E-state index in [1.807, 2.05) is 0 Å². The van der Waals surface area contributed by atoms with Crippen LogP contribution < -0.4 is 0 Å². The summed E-state index contributed by atoms with van der Waals surface area (Å²) in [4.78, 5) is 1.38. The maximum atomic E-state index is 3.82. The van der Waals surface area contributed by atoms with Gasteiger partial charge in [0, 0.05) is 9.65 Å². The molecule has 2 heteroatoms. The Bertz CT molecular complexity index is 326. The third-order valence-corrected chi connectivity index (χ3v) is 5.65. The predicted molar refractivity (Wildman–Crippen MR) is 66.6 cm³/mol. The van der Waals surface area contributed by atoms with Gasteiger partial charge < -0.3 is 0 Å². The van der Waals surface area contributed by atoms with Crippen molar-refractivity contribution in [1.29, 1.82) is 0 Å². The number of alkyl halides is 2. The fourth-order valence-corrected chi connectivity index (χ4v) is 4.75. The van der Waals surface area contributed by atoms with Crippen LogP contribution in [-0.2, 0) is 0 Å². The first kappa shape index (κ1) is 9.41. The van der Waals surface area contributed by atoms with Gasteiger partial charge in [0.25, 0.3) is 0 Å². The van der Waals surface area contributed by atoms with Crippen molar-refractivity contribution >= 4 is 31.9 Å². The van der Waals surface area contributed by atoms with Gasteiger partial charge in [0.2, 0.25) is 0 Å². The summed E-state index contributed by atoms with van der Waals surface area (Å²) < 4.78 is 0. The standard InChI is InChI=1S/C12H12Br2/c13-11-6-10-8-4-2-1-3-7(8)9(11)5-12(10)14/h1-4,9-12H,5-6H2. The van der Waals surface area contributed by atoms with E-state index < -0.39 is 0 Å². The molecular formula is C12H12Br2. The molecule has 0 amide bonds. The molecule has 0 N–H and O–H groups in total. The van der Waals surface area contributed by atoms with Crippen LogP contribution in [-0.4, -0.2) is 9.65 Å². The van der Waals surface area contributed by atoms with Crippen LogP contribution in [0.25, 0.3) is 0 Å². The average Bonchev–Trinajstić information content (AvgIpc) is 2.21. The fourth-order valence-electron chi connectivity index (χ4n) is 2.94. The van der Waals surface area contributed by atoms with E-state index in [9.17, 15) is 0 Å². The topological polar surface area (TPSA) is 0 Å². The SMILES string of the molecule is BrC1CC2c3ccccc3C1CC2Br. The Labute approximate surface area is 101 Å². The Balaban J connectivity index is 2.15. The van der Waals surface area contributed by atoms with Crippen molar-refractivity contribution in [2.24, 2.45) is 0 Å². The molecule has 4 atom stereocenters. The summed E-state index contributed by atoms with van der Waals surface area (Å²) in [6.45, 7) is 0. The number of fused-ring (bicyclic) bond motifs is 2. The van der Waals surface area contributed by atoms with Crippen molar-refractivity contribution in [2.75, 3.05) is 0 Å². The van der Waals surface area contributed by atoms with Crippen molar-refractivity contribution in [3.05, 3.63) is 35.4 Å². The molecule has 14 heavy (non-hydrogen) atoms. The molecule has 1 fully saturated rings. The summed E-state index contributed by atoms with van der Waals surface area (Å²) in [5.41, 5.74) is 3.17. The lowest BCUT2D eigenvalue weighted by Gasteiger charge is -2.44. The van der Waals surface area contributed by atoms with Gasteiger partial charge in [0.05, 0.1) is 0 Å². The number of rotatable bonds is 0. The molecule has 0 heterocycles. The lowest BCUT2D eigenvalue weighted by Crippen LogP contribution is -2.36. The minimum absolute atomic E-state index is 0.691. The zero-order valence-electron chi connectivity index (χ0n) is 7.79. The van der Waals surface area contributed by atoms with E-state index in [4.69, 9.17) is 0 Å². The van der Waals surface area contributed by atoms with Crippen LogP contribution in [0.2, 0.25) is 0 Å². The van der Waals surface area contributed by atoms with Gasteiger partial charge >= 0.3 is 0 Å². The van der Waals surface area contributed by atoms with E-state index >= 15 is 0 Å². The second-order valence-corrected chi connectivity index (χ2v) is 6.70. The van der Waals surface area contributed by atoms with Gasteiger partial charge in [-0.25, -0.2) is 0 Å².